The molecule has 2 heterocycles. The van der Waals surface area contributed by atoms with Crippen LogP contribution >= 0.6 is 22.6 Å². The van der Waals surface area contributed by atoms with Gasteiger partial charge < -0.3 is 9.47 Å². The minimum Gasteiger partial charge on any atom is -0.493 e. The molecule has 2 aromatic heterocycles. The van der Waals surface area contributed by atoms with Gasteiger partial charge in [-0.2, -0.15) is 10.2 Å². The Morgan fingerprint density at radius 2 is 1.30 bits per heavy atom. The van der Waals surface area contributed by atoms with Crippen molar-refractivity contribution in [1.29, 1.82) is 0 Å². The molecule has 0 radical (unpaired) electrons. The van der Waals surface area contributed by atoms with Crippen LogP contribution in [0, 0.1) is 39.6 Å². The number of halogens is 3. The molecule has 0 unspecified atom stereocenters. The number of hydrogen-bond donors (Lipinski definition) is 0. The number of nitrogens with zero attached hydrogens (tertiary/aromatic N) is 4. The summed E-state index contributed by atoms with van der Waals surface area (Å²) in [6, 6.07) is 15.5. The summed E-state index contributed by atoms with van der Waals surface area (Å²) >= 11 is 2.13. The Labute approximate surface area is 265 Å². The lowest BCUT2D eigenvalue weighted by Gasteiger charge is -2.04. The molecule has 0 N–H and O–H groups in total. The number of hydrogen-bond acceptors (Lipinski definition) is 4. The Hall–Kier alpha value is -3.83. The van der Waals surface area contributed by atoms with Crippen molar-refractivity contribution in [2.24, 2.45) is 11.8 Å². The zero-order chi connectivity index (χ0) is 30.3. The van der Waals surface area contributed by atoms with Crippen molar-refractivity contribution in [3.8, 4) is 35.7 Å². The second-order valence-corrected chi connectivity index (χ2v) is 11.5. The van der Waals surface area contributed by atoms with E-state index in [2.05, 4.69) is 50.5 Å². The molecule has 0 spiro atoms. The van der Waals surface area contributed by atoms with E-state index >= 15 is 0 Å². The van der Waals surface area contributed by atoms with E-state index in [9.17, 15) is 8.78 Å². The Balaban J connectivity index is 0.000000163. The summed E-state index contributed by atoms with van der Waals surface area (Å²) < 4.78 is 39.3. The van der Waals surface area contributed by atoms with E-state index < -0.39 is 6.67 Å². The molecular formula is C34H35F2IN4O2. The van der Waals surface area contributed by atoms with Gasteiger partial charge in [-0.25, -0.2) is 8.78 Å². The van der Waals surface area contributed by atoms with Crippen LogP contribution in [-0.4, -0.2) is 46.1 Å². The Morgan fingerprint density at radius 1 is 0.767 bits per heavy atom. The zero-order valence-corrected chi connectivity index (χ0v) is 26.1. The normalized spacial score (nSPS) is 13.3. The van der Waals surface area contributed by atoms with Crippen LogP contribution in [0.4, 0.5) is 8.78 Å². The molecule has 0 atom stereocenters. The minimum atomic E-state index is -0.422. The molecule has 9 heteroatoms. The maximum Gasteiger partial charge on any atom is 0.120 e. The second-order valence-electron chi connectivity index (χ2n) is 10.3. The fourth-order valence-corrected chi connectivity index (χ4v) is 4.11. The van der Waals surface area contributed by atoms with Crippen molar-refractivity contribution in [1.82, 2.24) is 19.6 Å². The molecule has 4 aromatic rings. The van der Waals surface area contributed by atoms with Gasteiger partial charge in [0, 0.05) is 23.5 Å². The first-order valence-corrected chi connectivity index (χ1v) is 15.4. The molecule has 2 aromatic carbocycles. The molecule has 6 rings (SSSR count). The van der Waals surface area contributed by atoms with Gasteiger partial charge in [-0.3, -0.25) is 9.36 Å². The second kappa shape index (κ2) is 17.3. The monoisotopic (exact) mass is 696 g/mol. The summed E-state index contributed by atoms with van der Waals surface area (Å²) in [5, 5.41) is 7.92. The van der Waals surface area contributed by atoms with Gasteiger partial charge in [-0.15, -0.1) is 6.42 Å². The van der Waals surface area contributed by atoms with E-state index in [0.29, 0.717) is 6.54 Å². The molecule has 0 saturated heterocycles. The molecule has 224 valence electrons. The summed E-state index contributed by atoms with van der Waals surface area (Å²) in [7, 11) is 0. The van der Waals surface area contributed by atoms with Crippen LogP contribution < -0.4 is 9.47 Å². The first-order valence-electron chi connectivity index (χ1n) is 14.3. The van der Waals surface area contributed by atoms with Crippen molar-refractivity contribution in [3.63, 3.8) is 0 Å². The Morgan fingerprint density at radius 3 is 1.84 bits per heavy atom. The van der Waals surface area contributed by atoms with Gasteiger partial charge in [-0.05, 0) is 96.5 Å². The van der Waals surface area contributed by atoms with Crippen LogP contribution in [0.15, 0.2) is 73.3 Å². The zero-order valence-electron chi connectivity index (χ0n) is 24.0. The number of rotatable bonds is 10. The van der Waals surface area contributed by atoms with Crippen molar-refractivity contribution in [2.45, 2.75) is 38.8 Å². The van der Waals surface area contributed by atoms with E-state index in [0.717, 1.165) is 56.8 Å². The van der Waals surface area contributed by atoms with Gasteiger partial charge in [0.2, 0.25) is 0 Å². The number of benzene rings is 2. The van der Waals surface area contributed by atoms with Crippen LogP contribution in [0.1, 0.15) is 42.4 Å². The topological polar surface area (TPSA) is 54.1 Å². The maximum absolute atomic E-state index is 12.2. The Kier molecular flexibility index (Phi) is 12.9. The summed E-state index contributed by atoms with van der Waals surface area (Å²) in [6.45, 7) is 1.50. The lowest BCUT2D eigenvalue weighted by Crippen LogP contribution is -1.98. The average molecular weight is 697 g/mol. The molecule has 2 aliphatic carbocycles. The Bertz CT molecular complexity index is 1530. The third-order valence-electron chi connectivity index (χ3n) is 6.41. The highest BCUT2D eigenvalue weighted by Crippen LogP contribution is 2.30. The van der Waals surface area contributed by atoms with E-state index in [4.69, 9.17) is 15.9 Å². The lowest BCUT2D eigenvalue weighted by molar-refractivity contribution is 0.299. The number of alkyl halides is 2. The highest BCUT2D eigenvalue weighted by atomic mass is 127. The van der Waals surface area contributed by atoms with Crippen molar-refractivity contribution < 1.29 is 18.3 Å². The van der Waals surface area contributed by atoms with E-state index in [1.165, 1.54) is 25.7 Å². The van der Waals surface area contributed by atoms with Gasteiger partial charge in [0.15, 0.2) is 0 Å². The SMILES string of the molecule is C#Cc1cccc(OCC2CC2)c1.FCCn1cc(C#Cc2cccc(OCC3CC3)c2)cn1.FCCn1cc(I)cn1. The van der Waals surface area contributed by atoms with Gasteiger partial charge in [0.05, 0.1) is 47.8 Å². The minimum absolute atomic E-state index is 0.270. The number of ether oxygens (including phenoxy) is 2. The highest BCUT2D eigenvalue weighted by Gasteiger charge is 2.22. The smallest absolute Gasteiger partial charge is 0.120 e. The maximum atomic E-state index is 12.2. The molecule has 2 aliphatic rings. The quantitative estimate of drug-likeness (QED) is 0.133. The van der Waals surface area contributed by atoms with E-state index in [1.54, 1.807) is 34.2 Å². The summed E-state index contributed by atoms with van der Waals surface area (Å²) in [5.74, 6) is 12.0. The summed E-state index contributed by atoms with van der Waals surface area (Å²) in [5.41, 5.74) is 2.57. The molecule has 2 fully saturated rings. The van der Waals surface area contributed by atoms with Gasteiger partial charge in [-0.1, -0.05) is 29.9 Å². The highest BCUT2D eigenvalue weighted by molar-refractivity contribution is 14.1. The van der Waals surface area contributed by atoms with Gasteiger partial charge >= 0.3 is 0 Å². The molecule has 43 heavy (non-hydrogen) atoms. The predicted molar refractivity (Wildman–Crippen MR) is 172 cm³/mol. The molecule has 6 nitrogen and oxygen atoms in total. The largest absolute Gasteiger partial charge is 0.493 e. The van der Waals surface area contributed by atoms with E-state index in [-0.39, 0.29) is 13.2 Å². The van der Waals surface area contributed by atoms with Crippen LogP contribution in [0.2, 0.25) is 0 Å². The summed E-state index contributed by atoms with van der Waals surface area (Å²) in [4.78, 5) is 0. The fourth-order valence-electron chi connectivity index (χ4n) is 3.67. The van der Waals surface area contributed by atoms with Crippen LogP contribution in [-0.2, 0) is 13.1 Å². The first-order chi connectivity index (χ1) is 21.0. The predicted octanol–water partition coefficient (Wildman–Crippen LogP) is 6.96. The molecule has 0 aliphatic heterocycles. The molecule has 0 bridgehead atoms. The summed E-state index contributed by atoms with van der Waals surface area (Å²) in [6.07, 6.45) is 17.4. The van der Waals surface area contributed by atoms with Crippen molar-refractivity contribution >= 4 is 22.6 Å². The lowest BCUT2D eigenvalue weighted by atomic mass is 10.2. The standard InChI is InChI=1S/C17H17FN2O.C12H12O.C5H6FIN2/c18-8-9-20-12-16(11-19-20)7-4-14-2-1-3-17(10-14)21-13-15-5-6-15;1-2-10-4-3-5-12(8-10)13-9-11-6-7-11;6-1-2-9-4-5(7)3-8-9/h1-3,10-12,15H,5-6,8-9,13H2;1,3-5,8,11H,6-7,9H2;3-4H,1-2H2. The molecule has 2 saturated carbocycles. The van der Waals surface area contributed by atoms with Crippen LogP contribution in [0.3, 0.4) is 0 Å². The molecule has 0 amide bonds. The van der Waals surface area contributed by atoms with Gasteiger partial charge in [0.25, 0.3) is 0 Å². The van der Waals surface area contributed by atoms with Crippen molar-refractivity contribution in [3.05, 3.63) is 93.6 Å². The average Bonchev–Trinajstić information content (AvgIpc) is 3.96. The third-order valence-corrected chi connectivity index (χ3v) is 6.97. The number of terminal acetylenes is 1. The third kappa shape index (κ3) is 12.5. The first kappa shape index (κ1) is 32.1. The number of aryl methyl sites for hydroxylation is 2. The van der Waals surface area contributed by atoms with Crippen molar-refractivity contribution in [2.75, 3.05) is 26.6 Å². The number of aromatic nitrogens is 4. The van der Waals surface area contributed by atoms with Crippen LogP contribution in [0.25, 0.3) is 0 Å². The van der Waals surface area contributed by atoms with E-state index in [1.807, 2.05) is 48.5 Å². The van der Waals surface area contributed by atoms with Gasteiger partial charge in [0.1, 0.15) is 24.8 Å². The fraction of sp³-hybridized carbons (Fsp3) is 0.353. The molecular weight excluding hydrogens is 661 g/mol. The van der Waals surface area contributed by atoms with Crippen LogP contribution in [0.5, 0.6) is 11.5 Å².